The lowest BCUT2D eigenvalue weighted by Crippen LogP contribution is -2.21. The molecule has 0 aliphatic carbocycles. The SMILES string of the molecule is CCCC(C)(CC)c1ccc(Cl)c(C(F)(F)F)c1. The van der Waals surface area contributed by atoms with E-state index in [0.29, 0.717) is 5.56 Å². The average Bonchev–Trinajstić information content (AvgIpc) is 2.28. The van der Waals surface area contributed by atoms with Gasteiger partial charge in [0.1, 0.15) is 0 Å². The molecule has 0 spiro atoms. The van der Waals surface area contributed by atoms with Crippen LogP contribution in [0.25, 0.3) is 0 Å². The van der Waals surface area contributed by atoms with Gasteiger partial charge < -0.3 is 0 Å². The summed E-state index contributed by atoms with van der Waals surface area (Å²) in [6.45, 7) is 6.03. The van der Waals surface area contributed by atoms with Gasteiger partial charge >= 0.3 is 6.18 Å². The highest BCUT2D eigenvalue weighted by atomic mass is 35.5. The zero-order valence-corrected chi connectivity index (χ0v) is 11.6. The third-order valence-corrected chi connectivity index (χ3v) is 3.88. The number of halogens is 4. The van der Waals surface area contributed by atoms with Crippen LogP contribution in [0.3, 0.4) is 0 Å². The van der Waals surface area contributed by atoms with Crippen molar-refractivity contribution in [2.24, 2.45) is 0 Å². The van der Waals surface area contributed by atoms with E-state index in [4.69, 9.17) is 11.6 Å². The lowest BCUT2D eigenvalue weighted by molar-refractivity contribution is -0.137. The van der Waals surface area contributed by atoms with Gasteiger partial charge in [0.05, 0.1) is 10.6 Å². The van der Waals surface area contributed by atoms with Gasteiger partial charge in [0.2, 0.25) is 0 Å². The van der Waals surface area contributed by atoms with Crippen LogP contribution in [0.1, 0.15) is 51.2 Å². The molecule has 0 aliphatic rings. The first-order chi connectivity index (χ1) is 8.24. The van der Waals surface area contributed by atoms with Crippen molar-refractivity contribution >= 4 is 11.6 Å². The lowest BCUT2D eigenvalue weighted by atomic mass is 9.76. The van der Waals surface area contributed by atoms with Gasteiger partial charge in [0, 0.05) is 0 Å². The normalized spacial score (nSPS) is 15.5. The average molecular weight is 279 g/mol. The Labute approximate surface area is 111 Å². The van der Waals surface area contributed by atoms with Crippen molar-refractivity contribution in [3.05, 3.63) is 34.3 Å². The van der Waals surface area contributed by atoms with E-state index in [1.54, 1.807) is 6.07 Å². The molecule has 0 fully saturated rings. The summed E-state index contributed by atoms with van der Waals surface area (Å²) >= 11 is 5.63. The van der Waals surface area contributed by atoms with Crippen LogP contribution in [0.2, 0.25) is 5.02 Å². The maximum atomic E-state index is 12.8. The second kappa shape index (κ2) is 5.52. The fraction of sp³-hybridized carbons (Fsp3) is 0.571. The molecule has 0 aromatic heterocycles. The topological polar surface area (TPSA) is 0 Å². The Kier molecular flexibility index (Phi) is 4.71. The number of rotatable bonds is 4. The second-order valence-electron chi connectivity index (χ2n) is 4.86. The Hall–Kier alpha value is -0.700. The first-order valence-corrected chi connectivity index (χ1v) is 6.49. The molecule has 1 aromatic carbocycles. The van der Waals surface area contributed by atoms with Crippen molar-refractivity contribution in [1.29, 1.82) is 0 Å². The number of hydrogen-bond donors (Lipinski definition) is 0. The second-order valence-corrected chi connectivity index (χ2v) is 5.26. The van der Waals surface area contributed by atoms with E-state index in [9.17, 15) is 13.2 Å². The molecule has 1 rings (SSSR count). The summed E-state index contributed by atoms with van der Waals surface area (Å²) in [5.41, 5.74) is -0.250. The van der Waals surface area contributed by atoms with Crippen LogP contribution in [-0.4, -0.2) is 0 Å². The van der Waals surface area contributed by atoms with Crippen molar-refractivity contribution in [3.63, 3.8) is 0 Å². The van der Waals surface area contributed by atoms with Crippen LogP contribution >= 0.6 is 11.6 Å². The summed E-state index contributed by atoms with van der Waals surface area (Å²) in [4.78, 5) is 0. The maximum Gasteiger partial charge on any atom is 0.417 e. The Morgan fingerprint density at radius 2 is 1.78 bits per heavy atom. The summed E-state index contributed by atoms with van der Waals surface area (Å²) in [5, 5.41) is -0.235. The van der Waals surface area contributed by atoms with Crippen molar-refractivity contribution in [1.82, 2.24) is 0 Å². The predicted molar refractivity (Wildman–Crippen MR) is 69.0 cm³/mol. The molecule has 0 N–H and O–H groups in total. The highest BCUT2D eigenvalue weighted by molar-refractivity contribution is 6.31. The van der Waals surface area contributed by atoms with Gasteiger partial charge in [0.15, 0.2) is 0 Å². The molecule has 0 heterocycles. The maximum absolute atomic E-state index is 12.8. The van der Waals surface area contributed by atoms with E-state index < -0.39 is 11.7 Å². The van der Waals surface area contributed by atoms with Gasteiger partial charge in [0.25, 0.3) is 0 Å². The molecule has 1 atom stereocenters. The van der Waals surface area contributed by atoms with Crippen LogP contribution in [0.15, 0.2) is 18.2 Å². The van der Waals surface area contributed by atoms with E-state index in [2.05, 4.69) is 0 Å². The third kappa shape index (κ3) is 3.19. The first-order valence-electron chi connectivity index (χ1n) is 6.12. The van der Waals surface area contributed by atoms with Gasteiger partial charge in [-0.15, -0.1) is 0 Å². The van der Waals surface area contributed by atoms with Crippen LogP contribution < -0.4 is 0 Å². The van der Waals surface area contributed by atoms with Gasteiger partial charge in [-0.2, -0.15) is 13.2 Å². The zero-order valence-electron chi connectivity index (χ0n) is 10.9. The van der Waals surface area contributed by atoms with E-state index in [0.717, 1.165) is 19.3 Å². The van der Waals surface area contributed by atoms with Crippen molar-refractivity contribution in [2.75, 3.05) is 0 Å². The summed E-state index contributed by atoms with van der Waals surface area (Å²) in [7, 11) is 0. The summed E-state index contributed by atoms with van der Waals surface area (Å²) in [6.07, 6.45) is -1.79. The van der Waals surface area contributed by atoms with Crippen molar-refractivity contribution < 1.29 is 13.2 Å². The van der Waals surface area contributed by atoms with Gasteiger partial charge in [-0.25, -0.2) is 0 Å². The number of hydrogen-bond acceptors (Lipinski definition) is 0. The van der Waals surface area contributed by atoms with Crippen LogP contribution in [-0.2, 0) is 11.6 Å². The van der Waals surface area contributed by atoms with Crippen LogP contribution in [0, 0.1) is 0 Å². The Morgan fingerprint density at radius 1 is 1.17 bits per heavy atom. The zero-order chi connectivity index (χ0) is 14.0. The minimum absolute atomic E-state index is 0.223. The smallest absolute Gasteiger partial charge is 0.166 e. The van der Waals surface area contributed by atoms with E-state index in [1.807, 2.05) is 20.8 Å². The molecule has 18 heavy (non-hydrogen) atoms. The summed E-state index contributed by atoms with van der Waals surface area (Å²) < 4.78 is 38.5. The Morgan fingerprint density at radius 3 is 2.22 bits per heavy atom. The fourth-order valence-electron chi connectivity index (χ4n) is 2.19. The third-order valence-electron chi connectivity index (χ3n) is 3.55. The largest absolute Gasteiger partial charge is 0.417 e. The molecule has 1 unspecified atom stereocenters. The molecule has 0 amide bonds. The molecule has 0 saturated carbocycles. The van der Waals surface area contributed by atoms with E-state index in [1.165, 1.54) is 12.1 Å². The highest BCUT2D eigenvalue weighted by Gasteiger charge is 2.35. The molecule has 0 aliphatic heterocycles. The quantitative estimate of drug-likeness (QED) is 0.650. The monoisotopic (exact) mass is 278 g/mol. The van der Waals surface area contributed by atoms with Crippen LogP contribution in [0.4, 0.5) is 13.2 Å². The molecule has 102 valence electrons. The van der Waals surface area contributed by atoms with Gasteiger partial charge in [-0.1, -0.05) is 44.9 Å². The lowest BCUT2D eigenvalue weighted by Gasteiger charge is -2.29. The van der Waals surface area contributed by atoms with Crippen molar-refractivity contribution in [2.45, 2.75) is 51.6 Å². The molecule has 0 radical (unpaired) electrons. The minimum Gasteiger partial charge on any atom is -0.166 e. The molecule has 4 heteroatoms. The molecular weight excluding hydrogens is 261 g/mol. The highest BCUT2D eigenvalue weighted by Crippen LogP contribution is 2.39. The number of alkyl halides is 3. The molecule has 1 aromatic rings. The Balaban J connectivity index is 3.27. The summed E-state index contributed by atoms with van der Waals surface area (Å²) in [6, 6.07) is 4.25. The molecule has 0 saturated heterocycles. The van der Waals surface area contributed by atoms with Crippen molar-refractivity contribution in [3.8, 4) is 0 Å². The first kappa shape index (κ1) is 15.4. The predicted octanol–water partition coefficient (Wildman–Crippen LogP) is 5.83. The standard InChI is InChI=1S/C14H18ClF3/c1-4-8-13(3,5-2)10-6-7-12(15)11(9-10)14(16,17)18/h6-7,9H,4-5,8H2,1-3H3. The number of benzene rings is 1. The van der Waals surface area contributed by atoms with E-state index >= 15 is 0 Å². The van der Waals surface area contributed by atoms with Gasteiger partial charge in [-0.05, 0) is 36.0 Å². The van der Waals surface area contributed by atoms with E-state index in [-0.39, 0.29) is 10.4 Å². The fourth-order valence-corrected chi connectivity index (χ4v) is 2.42. The van der Waals surface area contributed by atoms with Crippen LogP contribution in [0.5, 0.6) is 0 Å². The molecule has 0 nitrogen and oxygen atoms in total. The van der Waals surface area contributed by atoms with Gasteiger partial charge in [-0.3, -0.25) is 0 Å². The minimum atomic E-state index is -4.39. The summed E-state index contributed by atoms with van der Waals surface area (Å²) in [5.74, 6) is 0. The Bertz CT molecular complexity index is 412. The molecular formula is C14H18ClF3. The molecule has 0 bridgehead atoms.